The molecule has 1 aliphatic heterocycles. The predicted molar refractivity (Wildman–Crippen MR) is 104 cm³/mol. The predicted octanol–water partition coefficient (Wildman–Crippen LogP) is 4.10. The molecule has 0 aromatic heterocycles. The van der Waals surface area contributed by atoms with Gasteiger partial charge in [0.15, 0.2) is 0 Å². The van der Waals surface area contributed by atoms with Gasteiger partial charge in [0.2, 0.25) is 0 Å². The fourth-order valence-electron chi connectivity index (χ4n) is 3.29. The van der Waals surface area contributed by atoms with E-state index in [-0.39, 0.29) is 0 Å². The Labute approximate surface area is 152 Å². The molecule has 1 saturated heterocycles. The second-order valence-corrected chi connectivity index (χ2v) is 7.04. The summed E-state index contributed by atoms with van der Waals surface area (Å²) in [5, 5.41) is 0. The Morgan fingerprint density at radius 1 is 0.800 bits per heavy atom. The molecule has 0 saturated carbocycles. The third kappa shape index (κ3) is 5.58. The molecular formula is C22H30N2O. The van der Waals surface area contributed by atoms with Gasteiger partial charge in [-0.15, -0.1) is 0 Å². The van der Waals surface area contributed by atoms with Gasteiger partial charge in [0.25, 0.3) is 0 Å². The van der Waals surface area contributed by atoms with Crippen molar-refractivity contribution in [1.29, 1.82) is 0 Å². The van der Waals surface area contributed by atoms with Crippen LogP contribution in [0.3, 0.4) is 0 Å². The van der Waals surface area contributed by atoms with Crippen LogP contribution in [0.1, 0.15) is 30.0 Å². The first kappa shape index (κ1) is 18.0. The smallest absolute Gasteiger partial charge is 0.119 e. The van der Waals surface area contributed by atoms with Gasteiger partial charge in [-0.05, 0) is 43.1 Å². The molecule has 0 bridgehead atoms. The summed E-state index contributed by atoms with van der Waals surface area (Å²) >= 11 is 0. The van der Waals surface area contributed by atoms with Crippen molar-refractivity contribution < 1.29 is 4.74 Å². The molecule has 0 unspecified atom stereocenters. The highest BCUT2D eigenvalue weighted by Crippen LogP contribution is 2.15. The summed E-state index contributed by atoms with van der Waals surface area (Å²) in [5.41, 5.74) is 3.87. The van der Waals surface area contributed by atoms with Crippen LogP contribution in [0.5, 0.6) is 5.75 Å². The molecule has 3 rings (SSSR count). The number of aryl methyl sites for hydroxylation is 1. The van der Waals surface area contributed by atoms with Gasteiger partial charge in [-0.1, -0.05) is 48.9 Å². The largest absolute Gasteiger partial charge is 0.489 e. The summed E-state index contributed by atoms with van der Waals surface area (Å²) in [6.45, 7) is 12.0. The number of benzene rings is 2. The van der Waals surface area contributed by atoms with Gasteiger partial charge in [-0.2, -0.15) is 0 Å². The van der Waals surface area contributed by atoms with Crippen molar-refractivity contribution in [2.24, 2.45) is 0 Å². The standard InChI is InChI=1S/C22H30N2O/c1-3-12-23-13-15-24(16-14-23)17-20-6-8-21(9-7-20)18-25-22-10-4-19(2)5-11-22/h4-11H,3,12-18H2,1-2H3. The lowest BCUT2D eigenvalue weighted by molar-refractivity contribution is 0.127. The van der Waals surface area contributed by atoms with Gasteiger partial charge in [-0.25, -0.2) is 0 Å². The van der Waals surface area contributed by atoms with Crippen LogP contribution in [-0.4, -0.2) is 42.5 Å². The molecule has 1 fully saturated rings. The monoisotopic (exact) mass is 338 g/mol. The fraction of sp³-hybridized carbons (Fsp3) is 0.455. The molecule has 0 amide bonds. The normalized spacial score (nSPS) is 16.1. The highest BCUT2D eigenvalue weighted by atomic mass is 16.5. The van der Waals surface area contributed by atoms with E-state index in [4.69, 9.17) is 4.74 Å². The second kappa shape index (κ2) is 9.02. The Hall–Kier alpha value is -1.84. The van der Waals surface area contributed by atoms with Crippen LogP contribution in [0.2, 0.25) is 0 Å². The maximum absolute atomic E-state index is 5.86. The van der Waals surface area contributed by atoms with E-state index in [0.717, 1.165) is 12.3 Å². The van der Waals surface area contributed by atoms with Crippen molar-refractivity contribution in [3.63, 3.8) is 0 Å². The zero-order chi connectivity index (χ0) is 17.5. The van der Waals surface area contributed by atoms with Gasteiger partial charge in [0, 0.05) is 32.7 Å². The molecule has 3 heteroatoms. The zero-order valence-corrected chi connectivity index (χ0v) is 15.6. The zero-order valence-electron chi connectivity index (χ0n) is 15.6. The molecule has 2 aromatic carbocycles. The molecule has 3 nitrogen and oxygen atoms in total. The summed E-state index contributed by atoms with van der Waals surface area (Å²) in [4.78, 5) is 5.13. The first-order valence-corrected chi connectivity index (χ1v) is 9.45. The van der Waals surface area contributed by atoms with E-state index in [1.54, 1.807) is 0 Å². The quantitative estimate of drug-likeness (QED) is 0.756. The molecule has 0 aliphatic carbocycles. The number of ether oxygens (including phenoxy) is 1. The van der Waals surface area contributed by atoms with Gasteiger partial charge in [0.05, 0.1) is 0 Å². The summed E-state index contributed by atoms with van der Waals surface area (Å²) in [7, 11) is 0. The summed E-state index contributed by atoms with van der Waals surface area (Å²) < 4.78 is 5.86. The Morgan fingerprint density at radius 3 is 2.04 bits per heavy atom. The van der Waals surface area contributed by atoms with E-state index >= 15 is 0 Å². The number of piperazine rings is 1. The van der Waals surface area contributed by atoms with Crippen LogP contribution in [-0.2, 0) is 13.2 Å². The Bertz CT molecular complexity index is 628. The minimum atomic E-state index is 0.624. The lowest BCUT2D eigenvalue weighted by atomic mass is 10.1. The van der Waals surface area contributed by atoms with Crippen LogP contribution >= 0.6 is 0 Å². The van der Waals surface area contributed by atoms with Crippen LogP contribution in [0.4, 0.5) is 0 Å². The lowest BCUT2D eigenvalue weighted by Crippen LogP contribution is -2.45. The maximum atomic E-state index is 5.86. The minimum absolute atomic E-state index is 0.624. The first-order valence-electron chi connectivity index (χ1n) is 9.45. The average Bonchev–Trinajstić information content (AvgIpc) is 2.64. The van der Waals surface area contributed by atoms with Gasteiger partial charge in [-0.3, -0.25) is 4.90 Å². The third-order valence-electron chi connectivity index (χ3n) is 4.86. The molecule has 0 N–H and O–H groups in total. The van der Waals surface area contributed by atoms with Gasteiger partial charge >= 0.3 is 0 Å². The molecule has 2 aromatic rings. The number of hydrogen-bond acceptors (Lipinski definition) is 3. The van der Waals surface area contributed by atoms with Crippen molar-refractivity contribution in [2.75, 3.05) is 32.7 Å². The highest BCUT2D eigenvalue weighted by molar-refractivity contribution is 5.27. The maximum Gasteiger partial charge on any atom is 0.119 e. The summed E-state index contributed by atoms with van der Waals surface area (Å²) in [6, 6.07) is 17.1. The molecule has 0 atom stereocenters. The van der Waals surface area contributed by atoms with E-state index in [1.165, 1.54) is 55.8 Å². The molecular weight excluding hydrogens is 308 g/mol. The van der Waals surface area contributed by atoms with Crippen molar-refractivity contribution in [1.82, 2.24) is 9.80 Å². The van der Waals surface area contributed by atoms with E-state index in [0.29, 0.717) is 6.61 Å². The average molecular weight is 338 g/mol. The molecule has 0 spiro atoms. The van der Waals surface area contributed by atoms with Crippen LogP contribution < -0.4 is 4.74 Å². The molecule has 0 radical (unpaired) electrons. The van der Waals surface area contributed by atoms with Gasteiger partial charge < -0.3 is 9.64 Å². The van der Waals surface area contributed by atoms with E-state index in [1.807, 2.05) is 12.1 Å². The highest BCUT2D eigenvalue weighted by Gasteiger charge is 2.15. The van der Waals surface area contributed by atoms with Crippen molar-refractivity contribution in [3.05, 3.63) is 65.2 Å². The second-order valence-electron chi connectivity index (χ2n) is 7.04. The van der Waals surface area contributed by atoms with Crippen molar-refractivity contribution in [2.45, 2.75) is 33.4 Å². The number of nitrogens with zero attached hydrogens (tertiary/aromatic N) is 2. The molecule has 134 valence electrons. The minimum Gasteiger partial charge on any atom is -0.489 e. The van der Waals surface area contributed by atoms with E-state index < -0.39 is 0 Å². The number of rotatable bonds is 7. The first-order chi connectivity index (χ1) is 12.2. The summed E-state index contributed by atoms with van der Waals surface area (Å²) in [6.07, 6.45) is 1.26. The topological polar surface area (TPSA) is 15.7 Å². The summed E-state index contributed by atoms with van der Waals surface area (Å²) in [5.74, 6) is 0.930. The molecule has 25 heavy (non-hydrogen) atoms. The number of hydrogen-bond donors (Lipinski definition) is 0. The van der Waals surface area contributed by atoms with Crippen LogP contribution in [0.15, 0.2) is 48.5 Å². The lowest BCUT2D eigenvalue weighted by Gasteiger charge is -2.34. The Kier molecular flexibility index (Phi) is 6.48. The van der Waals surface area contributed by atoms with E-state index in [9.17, 15) is 0 Å². The van der Waals surface area contributed by atoms with Crippen LogP contribution in [0.25, 0.3) is 0 Å². The fourth-order valence-corrected chi connectivity index (χ4v) is 3.29. The molecule has 1 heterocycles. The van der Waals surface area contributed by atoms with Crippen molar-refractivity contribution in [3.8, 4) is 5.75 Å². The van der Waals surface area contributed by atoms with Crippen LogP contribution in [0, 0.1) is 6.92 Å². The van der Waals surface area contributed by atoms with E-state index in [2.05, 4.69) is 60.0 Å². The molecule has 1 aliphatic rings. The Morgan fingerprint density at radius 2 is 1.40 bits per heavy atom. The SMILES string of the molecule is CCCN1CCN(Cc2ccc(COc3ccc(C)cc3)cc2)CC1. The van der Waals surface area contributed by atoms with Gasteiger partial charge in [0.1, 0.15) is 12.4 Å². The Balaban J connectivity index is 1.45. The third-order valence-corrected chi connectivity index (χ3v) is 4.86. The van der Waals surface area contributed by atoms with Crippen molar-refractivity contribution >= 4 is 0 Å².